The normalized spacial score (nSPS) is 23.4. The molecule has 0 radical (unpaired) electrons. The van der Waals surface area contributed by atoms with Gasteiger partial charge in [0.25, 0.3) is 0 Å². The molecule has 4 aromatic heterocycles. The minimum Gasteiger partial charge on any atom is -0.351 e. The van der Waals surface area contributed by atoms with Crippen LogP contribution in [0.25, 0.3) is 27.9 Å². The molecule has 0 spiro atoms. The first-order valence-corrected chi connectivity index (χ1v) is 10.3. The van der Waals surface area contributed by atoms with E-state index in [1.54, 1.807) is 13.1 Å². The fourth-order valence-corrected chi connectivity index (χ4v) is 5.03. The maximum atomic E-state index is 11.6. The molecule has 152 valence electrons. The average molecular weight is 402 g/mol. The number of hydrogen-bond acceptors (Lipinski definition) is 6. The van der Waals surface area contributed by atoms with Crippen LogP contribution in [0.5, 0.6) is 0 Å². The zero-order valence-corrected chi connectivity index (χ0v) is 16.6. The number of aromatic nitrogens is 6. The molecule has 9 nitrogen and oxygen atoms in total. The van der Waals surface area contributed by atoms with E-state index >= 15 is 0 Å². The molecule has 1 amide bonds. The predicted molar refractivity (Wildman–Crippen MR) is 112 cm³/mol. The lowest BCUT2D eigenvalue weighted by molar-refractivity contribution is -0.128. The number of nitrogens with zero attached hydrogens (tertiary/aromatic N) is 6. The second kappa shape index (κ2) is 6.51. The van der Waals surface area contributed by atoms with E-state index in [-0.39, 0.29) is 5.91 Å². The molecule has 9 heteroatoms. The minimum atomic E-state index is 0.188. The van der Waals surface area contributed by atoms with Crippen LogP contribution in [-0.4, -0.2) is 59.3 Å². The van der Waals surface area contributed by atoms with Crippen molar-refractivity contribution < 1.29 is 4.79 Å². The number of aromatic amines is 1. The van der Waals surface area contributed by atoms with Crippen LogP contribution >= 0.6 is 0 Å². The summed E-state index contributed by atoms with van der Waals surface area (Å²) in [7, 11) is 0. The lowest BCUT2D eigenvalue weighted by atomic mass is 10.0. The molecule has 2 aliphatic rings. The zero-order chi connectivity index (χ0) is 20.2. The molecule has 3 atom stereocenters. The Labute approximate surface area is 172 Å². The van der Waals surface area contributed by atoms with E-state index in [9.17, 15) is 4.79 Å². The van der Waals surface area contributed by atoms with Crippen LogP contribution in [0.2, 0.25) is 0 Å². The summed E-state index contributed by atoms with van der Waals surface area (Å²) >= 11 is 0. The largest absolute Gasteiger partial charge is 0.351 e. The van der Waals surface area contributed by atoms with Crippen molar-refractivity contribution in [3.63, 3.8) is 0 Å². The topological polar surface area (TPSA) is 104 Å². The molecule has 0 unspecified atom stereocenters. The van der Waals surface area contributed by atoms with E-state index in [1.807, 2.05) is 40.3 Å². The Balaban J connectivity index is 1.21. The number of anilines is 1. The van der Waals surface area contributed by atoms with Gasteiger partial charge in [0.1, 0.15) is 5.65 Å². The van der Waals surface area contributed by atoms with Crippen LogP contribution in [0.1, 0.15) is 19.8 Å². The van der Waals surface area contributed by atoms with Crippen molar-refractivity contribution in [2.45, 2.75) is 25.8 Å². The first kappa shape index (κ1) is 17.4. The second-order valence-corrected chi connectivity index (χ2v) is 8.39. The van der Waals surface area contributed by atoms with Gasteiger partial charge in [0.05, 0.1) is 0 Å². The Hall–Kier alpha value is -3.49. The van der Waals surface area contributed by atoms with Gasteiger partial charge in [-0.2, -0.15) is 4.98 Å². The van der Waals surface area contributed by atoms with Crippen molar-refractivity contribution in [3.05, 3.63) is 37.2 Å². The first-order chi connectivity index (χ1) is 14.6. The van der Waals surface area contributed by atoms with Gasteiger partial charge in [-0.15, -0.1) is 0 Å². The number of fused-ring (bicyclic) bond motifs is 3. The second-order valence-electron chi connectivity index (χ2n) is 8.39. The fraction of sp³-hybridized carbons (Fsp3) is 0.381. The number of H-pyrrole nitrogens is 1. The number of rotatable bonds is 3. The van der Waals surface area contributed by atoms with Crippen LogP contribution in [-0.2, 0) is 4.79 Å². The molecule has 0 aromatic carbocycles. The van der Waals surface area contributed by atoms with Crippen molar-refractivity contribution in [3.8, 4) is 11.1 Å². The van der Waals surface area contributed by atoms with E-state index in [0.29, 0.717) is 29.6 Å². The van der Waals surface area contributed by atoms with Gasteiger partial charge >= 0.3 is 0 Å². The molecule has 1 saturated heterocycles. The standard InChI is InChI=1S/C21H22N8O/c1-12(30)29-9-13-4-16(5-14(13)10-29)26-20-24-8-18-17(7-23-19(18)27-20)15-6-25-21-22-2-3-28(21)11-15/h2-3,6-8,11,13-14,16H,4-5,9-10H2,1H3,(H2,23,24,26,27)/t13-,14+,16+. The number of likely N-dealkylation sites (tertiary alicyclic amines) is 1. The van der Waals surface area contributed by atoms with Crippen LogP contribution in [0, 0.1) is 11.8 Å². The third kappa shape index (κ3) is 2.80. The first-order valence-electron chi connectivity index (χ1n) is 10.3. The van der Waals surface area contributed by atoms with Gasteiger partial charge < -0.3 is 15.2 Å². The lowest BCUT2D eigenvalue weighted by Crippen LogP contribution is -2.29. The number of amides is 1. The summed E-state index contributed by atoms with van der Waals surface area (Å²) in [4.78, 5) is 34.7. The lowest BCUT2D eigenvalue weighted by Gasteiger charge is -2.18. The van der Waals surface area contributed by atoms with Gasteiger partial charge in [0.15, 0.2) is 0 Å². The molecule has 1 aliphatic heterocycles. The summed E-state index contributed by atoms with van der Waals surface area (Å²) in [5.41, 5.74) is 2.79. The Bertz CT molecular complexity index is 1250. The maximum Gasteiger partial charge on any atom is 0.233 e. The fourth-order valence-electron chi connectivity index (χ4n) is 5.03. The number of imidazole rings is 1. The van der Waals surface area contributed by atoms with Crippen molar-refractivity contribution in [1.29, 1.82) is 0 Å². The average Bonchev–Trinajstić information content (AvgIpc) is 3.49. The van der Waals surface area contributed by atoms with Crippen molar-refractivity contribution in [2.24, 2.45) is 11.8 Å². The SMILES string of the molecule is CC(=O)N1C[C@H]2C[C@H](Nc3ncc4c(-c5cnc6nccn6c5)c[nH]c4n3)C[C@H]2C1. The third-order valence-corrected chi connectivity index (χ3v) is 6.52. The molecule has 0 bridgehead atoms. The van der Waals surface area contributed by atoms with Crippen LogP contribution in [0.4, 0.5) is 5.95 Å². The summed E-state index contributed by atoms with van der Waals surface area (Å²) in [6, 6.07) is 0.355. The summed E-state index contributed by atoms with van der Waals surface area (Å²) in [6.45, 7) is 3.43. The molecule has 6 rings (SSSR count). The molecule has 5 heterocycles. The highest BCUT2D eigenvalue weighted by Crippen LogP contribution is 2.39. The monoisotopic (exact) mass is 402 g/mol. The number of hydrogen-bond donors (Lipinski definition) is 2. The predicted octanol–water partition coefficient (Wildman–Crippen LogP) is 2.34. The quantitative estimate of drug-likeness (QED) is 0.545. The summed E-state index contributed by atoms with van der Waals surface area (Å²) in [6.07, 6.45) is 13.4. The highest BCUT2D eigenvalue weighted by Gasteiger charge is 2.41. The summed E-state index contributed by atoms with van der Waals surface area (Å²) < 4.78 is 1.90. The number of nitrogens with one attached hydrogen (secondary N) is 2. The Morgan fingerprint density at radius 3 is 2.80 bits per heavy atom. The van der Waals surface area contributed by atoms with Gasteiger partial charge in [-0.25, -0.2) is 15.0 Å². The van der Waals surface area contributed by atoms with Crippen LogP contribution in [0.3, 0.4) is 0 Å². The smallest absolute Gasteiger partial charge is 0.233 e. The van der Waals surface area contributed by atoms with Crippen LogP contribution in [0.15, 0.2) is 37.2 Å². The summed E-state index contributed by atoms with van der Waals surface area (Å²) in [5, 5.41) is 4.47. The number of carbonyl (C=O) groups excluding carboxylic acids is 1. The Morgan fingerprint density at radius 2 is 2.00 bits per heavy atom. The van der Waals surface area contributed by atoms with E-state index in [1.165, 1.54) is 0 Å². The van der Waals surface area contributed by atoms with E-state index in [4.69, 9.17) is 4.98 Å². The zero-order valence-electron chi connectivity index (χ0n) is 16.6. The molecule has 1 aliphatic carbocycles. The van der Waals surface area contributed by atoms with E-state index in [2.05, 4.69) is 25.3 Å². The third-order valence-electron chi connectivity index (χ3n) is 6.52. The van der Waals surface area contributed by atoms with E-state index in [0.717, 1.165) is 48.1 Å². The molecule has 1 saturated carbocycles. The minimum absolute atomic E-state index is 0.188. The van der Waals surface area contributed by atoms with E-state index < -0.39 is 0 Å². The maximum absolute atomic E-state index is 11.6. The molecule has 30 heavy (non-hydrogen) atoms. The van der Waals surface area contributed by atoms with Gasteiger partial charge in [-0.3, -0.25) is 9.20 Å². The Kier molecular flexibility index (Phi) is 3.77. The van der Waals surface area contributed by atoms with Crippen LogP contribution < -0.4 is 5.32 Å². The molecule has 4 aromatic rings. The highest BCUT2D eigenvalue weighted by atomic mass is 16.2. The van der Waals surface area contributed by atoms with Gasteiger partial charge in [0, 0.05) is 79.7 Å². The van der Waals surface area contributed by atoms with Crippen molar-refractivity contribution >= 4 is 28.7 Å². The Morgan fingerprint density at radius 1 is 1.17 bits per heavy atom. The molecular weight excluding hydrogens is 380 g/mol. The van der Waals surface area contributed by atoms with Crippen molar-refractivity contribution in [1.82, 2.24) is 34.2 Å². The summed E-state index contributed by atoms with van der Waals surface area (Å²) in [5.74, 6) is 2.67. The number of carbonyl (C=O) groups is 1. The molecule has 2 N–H and O–H groups in total. The highest BCUT2D eigenvalue weighted by molar-refractivity contribution is 5.93. The van der Waals surface area contributed by atoms with Gasteiger partial charge in [0.2, 0.25) is 17.6 Å². The molecule has 2 fully saturated rings. The molecular formula is C21H22N8O. The van der Waals surface area contributed by atoms with Crippen molar-refractivity contribution in [2.75, 3.05) is 18.4 Å². The van der Waals surface area contributed by atoms with Gasteiger partial charge in [-0.1, -0.05) is 0 Å². The van der Waals surface area contributed by atoms with Gasteiger partial charge in [-0.05, 0) is 24.7 Å².